The van der Waals surface area contributed by atoms with Crippen molar-refractivity contribution < 1.29 is 18.7 Å². The third kappa shape index (κ3) is 2.78. The number of alkyl halides is 1. The molecule has 104 valence electrons. The molecule has 0 bridgehead atoms. The Balaban J connectivity index is 3.45. The lowest BCUT2D eigenvalue weighted by molar-refractivity contribution is -0.153. The first-order valence-electron chi connectivity index (χ1n) is 5.45. The number of halogens is 1. The van der Waals surface area contributed by atoms with Crippen molar-refractivity contribution in [1.29, 1.82) is 0 Å². The van der Waals surface area contributed by atoms with Crippen LogP contribution in [0.25, 0.3) is 0 Å². The van der Waals surface area contributed by atoms with Crippen LogP contribution in [0.5, 0.6) is 0 Å². The van der Waals surface area contributed by atoms with Gasteiger partial charge in [-0.15, -0.1) is 0 Å². The average molecular weight is 272 g/mol. The third-order valence-electron chi connectivity index (χ3n) is 2.42. The van der Waals surface area contributed by atoms with Crippen LogP contribution in [0.4, 0.5) is 4.39 Å². The molecule has 0 aromatic carbocycles. The van der Waals surface area contributed by atoms with E-state index >= 15 is 0 Å². The molecule has 0 saturated carbocycles. The molecule has 1 aromatic rings. The summed E-state index contributed by atoms with van der Waals surface area (Å²) in [7, 11) is 1.09. The molecule has 8 heteroatoms. The maximum Gasteiger partial charge on any atom is 0.362 e. The van der Waals surface area contributed by atoms with Gasteiger partial charge in [-0.2, -0.15) is 0 Å². The predicted octanol–water partition coefficient (Wildman–Crippen LogP) is -0.219. The minimum absolute atomic E-state index is 0.0562. The first-order valence-corrected chi connectivity index (χ1v) is 5.45. The molecule has 0 fully saturated rings. The van der Waals surface area contributed by atoms with E-state index in [0.29, 0.717) is 9.13 Å². The molecule has 0 radical (unpaired) electrons. The molecule has 0 aliphatic rings. The lowest BCUT2D eigenvalue weighted by atomic mass is 10.2. The van der Waals surface area contributed by atoms with Gasteiger partial charge >= 0.3 is 11.7 Å². The van der Waals surface area contributed by atoms with Gasteiger partial charge in [0.25, 0.3) is 11.9 Å². The van der Waals surface area contributed by atoms with Crippen LogP contribution in [0.15, 0.2) is 15.8 Å². The van der Waals surface area contributed by atoms with E-state index in [1.165, 1.54) is 6.92 Å². The van der Waals surface area contributed by atoms with Crippen molar-refractivity contribution in [2.45, 2.75) is 20.1 Å². The van der Waals surface area contributed by atoms with E-state index in [0.717, 1.165) is 20.2 Å². The largest absolute Gasteiger partial charge is 0.462 e. The molecular weight excluding hydrogens is 259 g/mol. The number of carbonyl (C=O) groups excluding carboxylic acids is 2. The second-order valence-electron chi connectivity index (χ2n) is 3.74. The standard InChI is InChI=1S/C11H13FN2O5/c1-4-19-10(17)8(12)14-5-7(6(2)15)9(16)13(3)11(14)18/h5,8H,4H2,1-3H3/t8-/m1/s1. The topological polar surface area (TPSA) is 87.4 Å². The molecule has 0 unspecified atom stereocenters. The maximum absolute atomic E-state index is 13.8. The lowest BCUT2D eigenvalue weighted by Gasteiger charge is -2.12. The van der Waals surface area contributed by atoms with E-state index in [1.54, 1.807) is 0 Å². The molecule has 7 nitrogen and oxygen atoms in total. The molecular formula is C11H13FN2O5. The summed E-state index contributed by atoms with van der Waals surface area (Å²) in [6, 6.07) is 0. The van der Waals surface area contributed by atoms with Crippen molar-refractivity contribution in [2.75, 3.05) is 6.61 Å². The fourth-order valence-electron chi connectivity index (χ4n) is 1.42. The summed E-state index contributed by atoms with van der Waals surface area (Å²) in [5.41, 5.74) is -2.27. The Labute approximate surface area is 107 Å². The molecule has 0 spiro atoms. The van der Waals surface area contributed by atoms with Gasteiger partial charge < -0.3 is 4.74 Å². The summed E-state index contributed by atoms with van der Waals surface area (Å²) in [4.78, 5) is 45.7. The highest BCUT2D eigenvalue weighted by molar-refractivity contribution is 5.93. The van der Waals surface area contributed by atoms with Crippen LogP contribution in [-0.2, 0) is 16.6 Å². The van der Waals surface area contributed by atoms with Crippen LogP contribution in [-0.4, -0.2) is 27.5 Å². The van der Waals surface area contributed by atoms with E-state index < -0.39 is 29.3 Å². The highest BCUT2D eigenvalue weighted by Crippen LogP contribution is 2.08. The number of rotatable bonds is 4. The third-order valence-corrected chi connectivity index (χ3v) is 2.42. The molecule has 0 saturated heterocycles. The Hall–Kier alpha value is -2.25. The Morgan fingerprint density at radius 3 is 2.47 bits per heavy atom. The van der Waals surface area contributed by atoms with E-state index in [-0.39, 0.29) is 12.2 Å². The summed E-state index contributed by atoms with van der Waals surface area (Å²) < 4.78 is 19.1. The second kappa shape index (κ2) is 5.59. The van der Waals surface area contributed by atoms with Crippen molar-refractivity contribution in [2.24, 2.45) is 7.05 Å². The number of hydrogen-bond acceptors (Lipinski definition) is 5. The Morgan fingerprint density at radius 2 is 2.00 bits per heavy atom. The number of aromatic nitrogens is 2. The van der Waals surface area contributed by atoms with E-state index in [2.05, 4.69) is 4.74 Å². The summed E-state index contributed by atoms with van der Waals surface area (Å²) in [6.45, 7) is 2.53. The smallest absolute Gasteiger partial charge is 0.362 e. The van der Waals surface area contributed by atoms with Gasteiger partial charge in [-0.05, 0) is 13.8 Å². The Morgan fingerprint density at radius 1 is 1.42 bits per heavy atom. The summed E-state index contributed by atoms with van der Waals surface area (Å²) in [5, 5.41) is 0. The van der Waals surface area contributed by atoms with Crippen molar-refractivity contribution in [3.63, 3.8) is 0 Å². The fourth-order valence-corrected chi connectivity index (χ4v) is 1.42. The van der Waals surface area contributed by atoms with E-state index in [4.69, 9.17) is 0 Å². The van der Waals surface area contributed by atoms with Crippen LogP contribution in [0.3, 0.4) is 0 Å². The Kier molecular flexibility index (Phi) is 4.36. The molecule has 0 amide bonds. The quantitative estimate of drug-likeness (QED) is 0.558. The molecule has 1 atom stereocenters. The lowest BCUT2D eigenvalue weighted by Crippen LogP contribution is -2.42. The maximum atomic E-state index is 13.8. The number of nitrogens with zero attached hydrogens (tertiary/aromatic N) is 2. The first kappa shape index (κ1) is 14.8. The average Bonchev–Trinajstić information content (AvgIpc) is 2.35. The second-order valence-corrected chi connectivity index (χ2v) is 3.74. The van der Waals surface area contributed by atoms with Gasteiger partial charge in [-0.25, -0.2) is 14.0 Å². The fraction of sp³-hybridized carbons (Fsp3) is 0.455. The number of ketones is 1. The molecule has 0 aliphatic heterocycles. The van der Waals surface area contributed by atoms with Crippen LogP contribution < -0.4 is 11.2 Å². The summed E-state index contributed by atoms with van der Waals surface area (Å²) >= 11 is 0. The zero-order valence-corrected chi connectivity index (χ0v) is 10.7. The molecule has 19 heavy (non-hydrogen) atoms. The van der Waals surface area contributed by atoms with Crippen LogP contribution in [0.1, 0.15) is 30.5 Å². The van der Waals surface area contributed by atoms with E-state index in [1.807, 2.05) is 0 Å². The zero-order valence-electron chi connectivity index (χ0n) is 10.7. The number of Topliss-reactive ketones (excluding diaryl/α,β-unsaturated/α-hetero) is 1. The first-order chi connectivity index (χ1) is 8.81. The molecule has 0 aliphatic carbocycles. The van der Waals surface area contributed by atoms with Gasteiger partial charge in [-0.1, -0.05) is 0 Å². The minimum Gasteiger partial charge on any atom is -0.462 e. The normalized spacial score (nSPS) is 12.0. The molecule has 0 N–H and O–H groups in total. The number of carbonyl (C=O) groups is 2. The van der Waals surface area contributed by atoms with Gasteiger partial charge in [0.1, 0.15) is 0 Å². The number of hydrogen-bond donors (Lipinski definition) is 0. The molecule has 1 heterocycles. The van der Waals surface area contributed by atoms with Gasteiger partial charge in [0.15, 0.2) is 5.78 Å². The SMILES string of the molecule is CCOC(=O)[C@H](F)n1cc(C(C)=O)c(=O)n(C)c1=O. The number of esters is 1. The van der Waals surface area contributed by atoms with Crippen molar-refractivity contribution in [3.8, 4) is 0 Å². The van der Waals surface area contributed by atoms with Crippen molar-refractivity contribution >= 4 is 11.8 Å². The van der Waals surface area contributed by atoms with Crippen molar-refractivity contribution in [3.05, 3.63) is 32.6 Å². The monoisotopic (exact) mass is 272 g/mol. The van der Waals surface area contributed by atoms with Crippen LogP contribution in [0.2, 0.25) is 0 Å². The highest BCUT2D eigenvalue weighted by Gasteiger charge is 2.24. The van der Waals surface area contributed by atoms with Crippen LogP contribution in [0, 0.1) is 0 Å². The van der Waals surface area contributed by atoms with Gasteiger partial charge in [0.05, 0.1) is 12.2 Å². The predicted molar refractivity (Wildman–Crippen MR) is 62.7 cm³/mol. The summed E-state index contributed by atoms with van der Waals surface area (Å²) in [6.07, 6.45) is -1.67. The van der Waals surface area contributed by atoms with Crippen molar-refractivity contribution in [1.82, 2.24) is 9.13 Å². The summed E-state index contributed by atoms with van der Waals surface area (Å²) in [5.74, 6) is -1.90. The van der Waals surface area contributed by atoms with Gasteiger partial charge in [-0.3, -0.25) is 18.7 Å². The van der Waals surface area contributed by atoms with E-state index in [9.17, 15) is 23.6 Å². The molecule has 1 rings (SSSR count). The zero-order chi connectivity index (χ0) is 14.7. The van der Waals surface area contributed by atoms with Crippen LogP contribution >= 0.6 is 0 Å². The minimum atomic E-state index is -2.41. The number of ether oxygens (including phenoxy) is 1. The molecule has 1 aromatic heterocycles. The van der Waals surface area contributed by atoms with Gasteiger partial charge in [0.2, 0.25) is 0 Å². The Bertz CT molecular complexity index is 631. The van der Waals surface area contributed by atoms with Gasteiger partial charge in [0, 0.05) is 13.2 Å². The highest BCUT2D eigenvalue weighted by atomic mass is 19.1.